The number of hydrogen-bond acceptors (Lipinski definition) is 6. The van der Waals surface area contributed by atoms with E-state index in [-0.39, 0.29) is 22.0 Å². The van der Waals surface area contributed by atoms with Gasteiger partial charge in [0.25, 0.3) is 10.0 Å². The highest BCUT2D eigenvalue weighted by atomic mass is 35.5. The molecule has 184 valence electrons. The number of pyridine rings is 1. The molecule has 0 aliphatic carbocycles. The van der Waals surface area contributed by atoms with Crippen LogP contribution < -0.4 is 9.46 Å². The molecule has 3 aromatic heterocycles. The van der Waals surface area contributed by atoms with Crippen molar-refractivity contribution in [1.29, 1.82) is 0 Å². The van der Waals surface area contributed by atoms with Crippen LogP contribution in [-0.2, 0) is 10.0 Å². The summed E-state index contributed by atoms with van der Waals surface area (Å²) in [5, 5.41) is 6.91. The maximum absolute atomic E-state index is 15.5. The summed E-state index contributed by atoms with van der Waals surface area (Å²) >= 11 is 5.84. The summed E-state index contributed by atoms with van der Waals surface area (Å²) in [5.74, 6) is -3.07. The Bertz CT molecular complexity index is 1730. The molecule has 0 unspecified atom stereocenters. The van der Waals surface area contributed by atoms with E-state index in [1.165, 1.54) is 25.4 Å². The minimum atomic E-state index is -4.53. The first kappa shape index (κ1) is 23.6. The Morgan fingerprint density at radius 3 is 2.58 bits per heavy atom. The second-order valence-electron chi connectivity index (χ2n) is 7.44. The molecule has 0 aliphatic heterocycles. The number of nitrogens with one attached hydrogen (secondary N) is 3. The molecule has 0 atom stereocenters. The molecular formula is C22H14ClF3N6O3S. The second-order valence-corrected chi connectivity index (χ2v) is 9.53. The van der Waals surface area contributed by atoms with Crippen LogP contribution >= 0.6 is 11.6 Å². The van der Waals surface area contributed by atoms with Crippen LogP contribution in [0.15, 0.2) is 53.8 Å². The highest BCUT2D eigenvalue weighted by molar-refractivity contribution is 7.92. The molecule has 0 saturated carbocycles. The summed E-state index contributed by atoms with van der Waals surface area (Å²) in [6.07, 6.45) is 4.23. The zero-order valence-corrected chi connectivity index (χ0v) is 19.7. The molecule has 0 fully saturated rings. The van der Waals surface area contributed by atoms with Gasteiger partial charge in [-0.1, -0.05) is 17.7 Å². The molecule has 3 heterocycles. The molecule has 14 heteroatoms. The molecule has 5 aromatic rings. The lowest BCUT2D eigenvalue weighted by molar-refractivity contribution is 0.385. The van der Waals surface area contributed by atoms with E-state index < -0.39 is 43.6 Å². The molecule has 0 spiro atoms. The monoisotopic (exact) mass is 534 g/mol. The van der Waals surface area contributed by atoms with Gasteiger partial charge in [-0.2, -0.15) is 5.10 Å². The Kier molecular flexibility index (Phi) is 5.80. The summed E-state index contributed by atoms with van der Waals surface area (Å²) < 4.78 is 78.2. The molecular weight excluding hydrogens is 521 g/mol. The molecule has 0 amide bonds. The van der Waals surface area contributed by atoms with Gasteiger partial charge < -0.3 is 9.72 Å². The number of aromatic nitrogens is 5. The molecule has 0 radical (unpaired) electrons. The summed E-state index contributed by atoms with van der Waals surface area (Å²) in [6, 6.07) is 5.12. The van der Waals surface area contributed by atoms with Crippen LogP contribution in [0.1, 0.15) is 0 Å². The van der Waals surface area contributed by atoms with Crippen LogP contribution in [0.4, 0.5) is 18.9 Å². The number of fused-ring (bicyclic) bond motifs is 1. The lowest BCUT2D eigenvalue weighted by atomic mass is 10.0. The van der Waals surface area contributed by atoms with Crippen LogP contribution in [0.2, 0.25) is 5.02 Å². The number of benzene rings is 2. The van der Waals surface area contributed by atoms with Crippen molar-refractivity contribution in [2.45, 2.75) is 4.90 Å². The number of rotatable bonds is 6. The van der Waals surface area contributed by atoms with Crippen molar-refractivity contribution in [1.82, 2.24) is 25.1 Å². The third-order valence-corrected chi connectivity index (χ3v) is 6.81. The average molecular weight is 535 g/mol. The number of nitrogens with zero attached hydrogens (tertiary/aromatic N) is 3. The topological polar surface area (TPSA) is 126 Å². The van der Waals surface area contributed by atoms with Crippen molar-refractivity contribution in [2.75, 3.05) is 11.8 Å². The predicted molar refractivity (Wildman–Crippen MR) is 126 cm³/mol. The molecule has 0 saturated heterocycles. The van der Waals surface area contributed by atoms with Crippen LogP contribution in [-0.4, -0.2) is 40.7 Å². The van der Waals surface area contributed by atoms with E-state index in [0.717, 1.165) is 18.3 Å². The van der Waals surface area contributed by atoms with Gasteiger partial charge in [-0.05, 0) is 18.2 Å². The Hall–Kier alpha value is -4.10. The van der Waals surface area contributed by atoms with Gasteiger partial charge in [0, 0.05) is 41.2 Å². The number of halogens is 4. The molecule has 3 N–H and O–H groups in total. The van der Waals surface area contributed by atoms with E-state index in [0.29, 0.717) is 23.0 Å². The van der Waals surface area contributed by atoms with Crippen LogP contribution in [0, 0.1) is 17.5 Å². The summed E-state index contributed by atoms with van der Waals surface area (Å²) in [6.45, 7) is 0. The van der Waals surface area contributed by atoms with E-state index in [4.69, 9.17) is 16.3 Å². The molecule has 9 nitrogen and oxygen atoms in total. The van der Waals surface area contributed by atoms with Gasteiger partial charge in [0.2, 0.25) is 5.88 Å². The molecule has 0 aliphatic rings. The third-order valence-electron chi connectivity index (χ3n) is 5.24. The van der Waals surface area contributed by atoms with Gasteiger partial charge in [-0.3, -0.25) is 9.82 Å². The minimum absolute atomic E-state index is 0.0274. The maximum atomic E-state index is 15.5. The normalized spacial score (nSPS) is 11.7. The second kappa shape index (κ2) is 8.84. The Labute approximate surface area is 206 Å². The Morgan fingerprint density at radius 2 is 1.86 bits per heavy atom. The molecule has 2 aromatic carbocycles. The van der Waals surface area contributed by atoms with Gasteiger partial charge in [0.15, 0.2) is 22.4 Å². The molecule has 0 bridgehead atoms. The van der Waals surface area contributed by atoms with Crippen LogP contribution in [0.25, 0.3) is 33.5 Å². The summed E-state index contributed by atoms with van der Waals surface area (Å²) in [4.78, 5) is 10.2. The highest BCUT2D eigenvalue weighted by Crippen LogP contribution is 2.36. The predicted octanol–water partition coefficient (Wildman–Crippen LogP) is 4.90. The number of ether oxygens (including phenoxy) is 1. The van der Waals surface area contributed by atoms with Crippen molar-refractivity contribution >= 4 is 38.2 Å². The van der Waals surface area contributed by atoms with Crippen molar-refractivity contribution < 1.29 is 26.3 Å². The van der Waals surface area contributed by atoms with E-state index in [2.05, 4.69) is 25.1 Å². The summed E-state index contributed by atoms with van der Waals surface area (Å²) in [7, 11) is -3.35. The number of aromatic amines is 2. The van der Waals surface area contributed by atoms with Gasteiger partial charge >= 0.3 is 0 Å². The van der Waals surface area contributed by atoms with Gasteiger partial charge in [-0.25, -0.2) is 31.6 Å². The fourth-order valence-electron chi connectivity index (χ4n) is 3.65. The Balaban J connectivity index is 1.60. The van der Waals surface area contributed by atoms with E-state index in [1.807, 2.05) is 4.72 Å². The number of methoxy groups -OCH3 is 1. The Morgan fingerprint density at radius 1 is 1.06 bits per heavy atom. The quantitative estimate of drug-likeness (QED) is 0.285. The number of H-pyrrole nitrogens is 2. The average Bonchev–Trinajstić information content (AvgIpc) is 3.52. The number of anilines is 1. The zero-order valence-electron chi connectivity index (χ0n) is 18.1. The minimum Gasteiger partial charge on any atom is -0.480 e. The smallest absolute Gasteiger partial charge is 0.267 e. The number of sulfonamides is 1. The zero-order chi connectivity index (χ0) is 25.6. The molecule has 36 heavy (non-hydrogen) atoms. The lowest BCUT2D eigenvalue weighted by Crippen LogP contribution is -2.16. The lowest BCUT2D eigenvalue weighted by Gasteiger charge is -2.14. The van der Waals surface area contributed by atoms with Gasteiger partial charge in [-0.15, -0.1) is 0 Å². The van der Waals surface area contributed by atoms with Crippen molar-refractivity contribution in [3.63, 3.8) is 0 Å². The fourth-order valence-corrected chi connectivity index (χ4v) is 5.07. The van der Waals surface area contributed by atoms with Crippen molar-refractivity contribution in [3.8, 4) is 28.5 Å². The first-order chi connectivity index (χ1) is 17.2. The van der Waals surface area contributed by atoms with Crippen LogP contribution in [0.3, 0.4) is 0 Å². The van der Waals surface area contributed by atoms with Crippen molar-refractivity contribution in [3.05, 3.63) is 71.4 Å². The van der Waals surface area contributed by atoms with E-state index >= 15 is 8.78 Å². The van der Waals surface area contributed by atoms with Crippen LogP contribution in [0.5, 0.6) is 5.88 Å². The van der Waals surface area contributed by atoms with E-state index in [9.17, 15) is 12.8 Å². The first-order valence-electron chi connectivity index (χ1n) is 10.1. The first-order valence-corrected chi connectivity index (χ1v) is 11.9. The largest absolute Gasteiger partial charge is 0.480 e. The van der Waals surface area contributed by atoms with E-state index in [1.54, 1.807) is 6.20 Å². The van der Waals surface area contributed by atoms with Crippen molar-refractivity contribution in [2.24, 2.45) is 0 Å². The maximum Gasteiger partial charge on any atom is 0.267 e. The number of imidazole rings is 1. The highest BCUT2D eigenvalue weighted by Gasteiger charge is 2.26. The van der Waals surface area contributed by atoms with Gasteiger partial charge in [0.1, 0.15) is 17.0 Å². The third kappa shape index (κ3) is 4.01. The molecule has 5 rings (SSSR count). The fraction of sp³-hybridized carbons (Fsp3) is 0.0455. The SMILES string of the molecule is COc1ncc(Cl)cc1S(=O)(=O)Nc1cc(F)cc(-c2ccc3c(-c4ncc[nH]4)n[nH]c3c2F)c1F. The number of hydrogen-bond donors (Lipinski definition) is 3. The standard InChI is InChI=1S/C22H14ClF3N6O3S/c1-35-22-16(6-10(23)9-29-22)36(33,34)32-15-8-11(24)7-14(17(15)25)12-2-3-13-19(18(12)26)30-31-20(13)21-27-4-5-28-21/h2-9,32H,1H3,(H,27,28)(H,30,31). The summed E-state index contributed by atoms with van der Waals surface area (Å²) in [5.41, 5.74) is -1.33. The van der Waals surface area contributed by atoms with Gasteiger partial charge in [0.05, 0.1) is 17.8 Å².